The molecule has 0 bridgehead atoms. The number of hydrogen-bond donors (Lipinski definition) is 1. The number of nitrogens with zero attached hydrogens (tertiary/aromatic N) is 2. The van der Waals surface area contributed by atoms with Crippen LogP contribution in [0.1, 0.15) is 52.9 Å². The number of hydrogen-bond acceptors (Lipinski definition) is 3. The topological polar surface area (TPSA) is 39.1 Å². The highest BCUT2D eigenvalue weighted by Crippen LogP contribution is 2.16. The second-order valence-corrected chi connectivity index (χ2v) is 4.69. The predicted octanol–water partition coefficient (Wildman–Crippen LogP) is 2.78. The maximum Gasteiger partial charge on any atom is 0.106 e. The van der Waals surface area contributed by atoms with Gasteiger partial charge in [-0.1, -0.05) is 27.2 Å². The second kappa shape index (κ2) is 9.44. The van der Waals surface area contributed by atoms with Crippen molar-refractivity contribution in [3.8, 4) is 6.07 Å². The van der Waals surface area contributed by atoms with Gasteiger partial charge in [0.05, 0.1) is 6.07 Å². The maximum atomic E-state index is 9.21. The molecule has 0 aromatic heterocycles. The van der Waals surface area contributed by atoms with Crippen LogP contribution in [0.15, 0.2) is 0 Å². The zero-order valence-corrected chi connectivity index (χ0v) is 12.1. The third kappa shape index (κ3) is 6.05. The quantitative estimate of drug-likeness (QED) is 0.637. The molecule has 0 rings (SSSR count). The first-order valence-corrected chi connectivity index (χ1v) is 7.00. The molecule has 0 radical (unpaired) electrons. The van der Waals surface area contributed by atoms with Crippen LogP contribution in [0, 0.1) is 11.3 Å². The lowest BCUT2D eigenvalue weighted by molar-refractivity contribution is 0.263. The molecule has 0 heterocycles. The van der Waals surface area contributed by atoms with E-state index in [1.165, 1.54) is 19.4 Å². The smallest absolute Gasteiger partial charge is 0.106 e. The van der Waals surface area contributed by atoms with E-state index in [1.807, 2.05) is 7.05 Å². The van der Waals surface area contributed by atoms with Gasteiger partial charge in [-0.25, -0.2) is 0 Å². The minimum atomic E-state index is -0.315. The van der Waals surface area contributed by atoms with Gasteiger partial charge in [0.15, 0.2) is 0 Å². The van der Waals surface area contributed by atoms with E-state index in [-0.39, 0.29) is 5.54 Å². The van der Waals surface area contributed by atoms with Crippen molar-refractivity contribution in [1.82, 2.24) is 10.2 Å². The summed E-state index contributed by atoms with van der Waals surface area (Å²) < 4.78 is 0. The fraction of sp³-hybridized carbons (Fsp3) is 0.929. The van der Waals surface area contributed by atoms with Crippen LogP contribution in [-0.2, 0) is 0 Å². The Hall–Kier alpha value is -0.590. The molecule has 0 spiro atoms. The number of nitrogens with one attached hydrogen (secondary N) is 1. The highest BCUT2D eigenvalue weighted by atomic mass is 15.1. The Morgan fingerprint density at radius 3 is 2.24 bits per heavy atom. The van der Waals surface area contributed by atoms with Crippen LogP contribution in [0.25, 0.3) is 0 Å². The summed E-state index contributed by atoms with van der Waals surface area (Å²) in [7, 11) is 1.89. The number of rotatable bonds is 10. The number of nitriles is 1. The molecule has 0 aliphatic carbocycles. The largest absolute Gasteiger partial charge is 0.304 e. The SMILES string of the molecule is CCCCN(CC)CCCC(C#N)(CC)NC. The average Bonchev–Trinajstić information content (AvgIpc) is 2.39. The third-order valence-electron chi connectivity index (χ3n) is 3.65. The van der Waals surface area contributed by atoms with E-state index in [9.17, 15) is 5.26 Å². The molecule has 100 valence electrons. The van der Waals surface area contributed by atoms with E-state index < -0.39 is 0 Å². The van der Waals surface area contributed by atoms with Gasteiger partial charge in [-0.3, -0.25) is 0 Å². The summed E-state index contributed by atoms with van der Waals surface area (Å²) in [6.07, 6.45) is 5.45. The van der Waals surface area contributed by atoms with Gasteiger partial charge >= 0.3 is 0 Å². The third-order valence-corrected chi connectivity index (χ3v) is 3.65. The summed E-state index contributed by atoms with van der Waals surface area (Å²) in [5.41, 5.74) is -0.315. The Morgan fingerprint density at radius 2 is 1.82 bits per heavy atom. The Bertz CT molecular complexity index is 216. The van der Waals surface area contributed by atoms with Crippen LogP contribution in [0.5, 0.6) is 0 Å². The van der Waals surface area contributed by atoms with Gasteiger partial charge < -0.3 is 10.2 Å². The van der Waals surface area contributed by atoms with Crippen molar-refractivity contribution < 1.29 is 0 Å². The van der Waals surface area contributed by atoms with Crippen molar-refractivity contribution in [1.29, 1.82) is 5.26 Å². The predicted molar refractivity (Wildman–Crippen MR) is 74.0 cm³/mol. The van der Waals surface area contributed by atoms with E-state index in [2.05, 4.69) is 37.1 Å². The Kier molecular flexibility index (Phi) is 9.11. The Balaban J connectivity index is 3.98. The van der Waals surface area contributed by atoms with Crippen LogP contribution >= 0.6 is 0 Å². The minimum Gasteiger partial charge on any atom is -0.304 e. The Morgan fingerprint density at radius 1 is 1.18 bits per heavy atom. The summed E-state index contributed by atoms with van der Waals surface area (Å²) in [6, 6.07) is 2.42. The Labute approximate surface area is 107 Å². The van der Waals surface area contributed by atoms with Gasteiger partial charge in [0.25, 0.3) is 0 Å². The monoisotopic (exact) mass is 239 g/mol. The molecule has 3 nitrogen and oxygen atoms in total. The second-order valence-electron chi connectivity index (χ2n) is 4.69. The van der Waals surface area contributed by atoms with Crippen molar-refractivity contribution >= 4 is 0 Å². The first-order valence-electron chi connectivity index (χ1n) is 7.00. The average molecular weight is 239 g/mol. The highest BCUT2D eigenvalue weighted by Gasteiger charge is 2.24. The molecule has 1 unspecified atom stereocenters. The molecule has 0 aliphatic rings. The van der Waals surface area contributed by atoms with Gasteiger partial charge in [0.2, 0.25) is 0 Å². The van der Waals surface area contributed by atoms with Crippen molar-refractivity contribution in [2.75, 3.05) is 26.7 Å². The van der Waals surface area contributed by atoms with Crippen molar-refractivity contribution in [3.63, 3.8) is 0 Å². The molecule has 0 saturated heterocycles. The molecule has 0 aromatic carbocycles. The summed E-state index contributed by atoms with van der Waals surface area (Å²) in [5, 5.41) is 12.4. The first-order chi connectivity index (χ1) is 8.17. The van der Waals surface area contributed by atoms with Crippen molar-refractivity contribution in [2.24, 2.45) is 0 Å². The fourth-order valence-electron chi connectivity index (χ4n) is 2.08. The summed E-state index contributed by atoms with van der Waals surface area (Å²) >= 11 is 0. The van der Waals surface area contributed by atoms with Crippen LogP contribution < -0.4 is 5.32 Å². The molecular formula is C14H29N3. The normalized spacial score (nSPS) is 14.6. The maximum absolute atomic E-state index is 9.21. The lowest BCUT2D eigenvalue weighted by Crippen LogP contribution is -2.41. The molecule has 1 N–H and O–H groups in total. The van der Waals surface area contributed by atoms with E-state index in [0.717, 1.165) is 32.4 Å². The van der Waals surface area contributed by atoms with Crippen LogP contribution in [0.2, 0.25) is 0 Å². The first kappa shape index (κ1) is 16.4. The van der Waals surface area contributed by atoms with Gasteiger partial charge in [-0.2, -0.15) is 5.26 Å². The lowest BCUT2D eigenvalue weighted by Gasteiger charge is -2.26. The van der Waals surface area contributed by atoms with Crippen LogP contribution in [0.4, 0.5) is 0 Å². The van der Waals surface area contributed by atoms with E-state index in [4.69, 9.17) is 0 Å². The van der Waals surface area contributed by atoms with E-state index in [1.54, 1.807) is 0 Å². The highest BCUT2D eigenvalue weighted by molar-refractivity contribution is 5.05. The van der Waals surface area contributed by atoms with E-state index in [0.29, 0.717) is 0 Å². The molecule has 0 aromatic rings. The summed E-state index contributed by atoms with van der Waals surface area (Å²) in [5.74, 6) is 0. The van der Waals surface area contributed by atoms with Gasteiger partial charge in [-0.05, 0) is 52.4 Å². The zero-order valence-electron chi connectivity index (χ0n) is 12.1. The molecule has 0 amide bonds. The lowest BCUT2D eigenvalue weighted by atomic mass is 9.92. The molecule has 17 heavy (non-hydrogen) atoms. The van der Waals surface area contributed by atoms with Crippen LogP contribution in [-0.4, -0.2) is 37.1 Å². The van der Waals surface area contributed by atoms with Crippen LogP contribution in [0.3, 0.4) is 0 Å². The summed E-state index contributed by atoms with van der Waals surface area (Å²) in [4.78, 5) is 2.48. The minimum absolute atomic E-state index is 0.315. The molecule has 3 heteroatoms. The number of unbranched alkanes of at least 4 members (excludes halogenated alkanes) is 1. The van der Waals surface area contributed by atoms with Crippen molar-refractivity contribution in [2.45, 2.75) is 58.4 Å². The standard InChI is InChI=1S/C14H29N3/c1-5-8-11-17(7-3)12-9-10-14(6-2,13-15)16-4/h16H,5-12H2,1-4H3. The molecular weight excluding hydrogens is 210 g/mol. The molecule has 1 atom stereocenters. The van der Waals surface area contributed by atoms with Crippen molar-refractivity contribution in [3.05, 3.63) is 0 Å². The van der Waals surface area contributed by atoms with Gasteiger partial charge in [0, 0.05) is 0 Å². The molecule has 0 saturated carbocycles. The van der Waals surface area contributed by atoms with Gasteiger partial charge in [0.1, 0.15) is 5.54 Å². The fourth-order valence-corrected chi connectivity index (χ4v) is 2.08. The molecule has 0 fully saturated rings. The van der Waals surface area contributed by atoms with E-state index >= 15 is 0 Å². The zero-order chi connectivity index (χ0) is 13.1. The molecule has 0 aliphatic heterocycles. The summed E-state index contributed by atoms with van der Waals surface area (Å²) in [6.45, 7) is 9.94. The van der Waals surface area contributed by atoms with Gasteiger partial charge in [-0.15, -0.1) is 0 Å².